The van der Waals surface area contributed by atoms with Gasteiger partial charge in [-0.25, -0.2) is 4.68 Å². The summed E-state index contributed by atoms with van der Waals surface area (Å²) >= 11 is 7.62. The highest BCUT2D eigenvalue weighted by Gasteiger charge is 2.24. The van der Waals surface area contributed by atoms with Crippen molar-refractivity contribution >= 4 is 35.0 Å². The fraction of sp³-hybridized carbons (Fsp3) is 0.529. The predicted octanol–water partition coefficient (Wildman–Crippen LogP) is 2.30. The SMILES string of the molecule is Cc1ccc(Cl)cc1N1CCC(CNC(=O)CCSc2nnnn2C)C1. The molecule has 1 saturated heterocycles. The van der Waals surface area contributed by atoms with E-state index >= 15 is 0 Å². The lowest BCUT2D eigenvalue weighted by molar-refractivity contribution is -0.120. The van der Waals surface area contributed by atoms with Crippen molar-refractivity contribution in [3.05, 3.63) is 28.8 Å². The fourth-order valence-electron chi connectivity index (χ4n) is 3.07. The summed E-state index contributed by atoms with van der Waals surface area (Å²) in [4.78, 5) is 14.4. The van der Waals surface area contributed by atoms with E-state index in [1.807, 2.05) is 12.1 Å². The lowest BCUT2D eigenvalue weighted by atomic mass is 10.1. The normalized spacial score (nSPS) is 16.9. The van der Waals surface area contributed by atoms with Crippen molar-refractivity contribution in [3.63, 3.8) is 0 Å². The molecule has 3 rings (SSSR count). The molecule has 0 spiro atoms. The number of hydrogen-bond acceptors (Lipinski definition) is 6. The van der Waals surface area contributed by atoms with Gasteiger partial charge in [0.15, 0.2) is 0 Å². The molecule has 2 aromatic rings. The maximum Gasteiger partial charge on any atom is 0.220 e. The minimum atomic E-state index is 0.0741. The maximum atomic E-state index is 12.0. The molecule has 1 aromatic carbocycles. The summed E-state index contributed by atoms with van der Waals surface area (Å²) in [7, 11) is 1.79. The van der Waals surface area contributed by atoms with Crippen LogP contribution in [0.2, 0.25) is 5.02 Å². The lowest BCUT2D eigenvalue weighted by Crippen LogP contribution is -2.31. The number of nitrogens with one attached hydrogen (secondary N) is 1. The van der Waals surface area contributed by atoms with Crippen LogP contribution in [0, 0.1) is 12.8 Å². The Morgan fingerprint density at radius 1 is 1.46 bits per heavy atom. The number of carbonyl (C=O) groups is 1. The smallest absolute Gasteiger partial charge is 0.220 e. The predicted molar refractivity (Wildman–Crippen MR) is 104 cm³/mol. The van der Waals surface area contributed by atoms with Crippen molar-refractivity contribution in [1.29, 1.82) is 0 Å². The Labute approximate surface area is 162 Å². The van der Waals surface area contributed by atoms with Crippen LogP contribution in [0.15, 0.2) is 23.4 Å². The second kappa shape index (κ2) is 8.73. The van der Waals surface area contributed by atoms with E-state index in [4.69, 9.17) is 11.6 Å². The monoisotopic (exact) mass is 394 g/mol. The third kappa shape index (κ3) is 4.88. The number of aromatic nitrogens is 4. The molecule has 1 aliphatic heterocycles. The van der Waals surface area contributed by atoms with Crippen LogP contribution < -0.4 is 10.2 Å². The third-order valence-corrected chi connectivity index (χ3v) is 5.77. The van der Waals surface area contributed by atoms with Crippen LogP contribution in [-0.2, 0) is 11.8 Å². The Kier molecular flexibility index (Phi) is 6.37. The fourth-order valence-corrected chi connectivity index (χ4v) is 4.02. The highest BCUT2D eigenvalue weighted by atomic mass is 35.5. The topological polar surface area (TPSA) is 75.9 Å². The number of aryl methyl sites for hydroxylation is 2. The standard InChI is InChI=1S/C17H23ClN6OS/c1-12-3-4-14(18)9-15(12)24-7-5-13(11-24)10-19-16(25)6-8-26-17-20-21-22-23(17)2/h3-4,9,13H,5-8,10-11H2,1-2H3,(H,19,25). The quantitative estimate of drug-likeness (QED) is 0.726. The van der Waals surface area contributed by atoms with Gasteiger partial charge in [-0.2, -0.15) is 0 Å². The molecular weight excluding hydrogens is 372 g/mol. The van der Waals surface area contributed by atoms with Crippen molar-refractivity contribution in [2.45, 2.75) is 24.9 Å². The zero-order chi connectivity index (χ0) is 18.5. The van der Waals surface area contributed by atoms with Gasteiger partial charge in [-0.05, 0) is 47.4 Å². The number of carbonyl (C=O) groups excluding carboxylic acids is 1. The number of rotatable bonds is 7. The molecule has 0 saturated carbocycles. The molecule has 7 nitrogen and oxygen atoms in total. The van der Waals surface area contributed by atoms with Gasteiger partial charge in [0.05, 0.1) is 0 Å². The number of nitrogens with zero attached hydrogens (tertiary/aromatic N) is 5. The highest BCUT2D eigenvalue weighted by molar-refractivity contribution is 7.99. The van der Waals surface area contributed by atoms with E-state index in [0.29, 0.717) is 24.6 Å². The van der Waals surface area contributed by atoms with Crippen LogP contribution in [0.4, 0.5) is 5.69 Å². The van der Waals surface area contributed by atoms with Gasteiger partial charge in [0, 0.05) is 49.6 Å². The average Bonchev–Trinajstić information content (AvgIpc) is 3.25. The van der Waals surface area contributed by atoms with E-state index in [1.54, 1.807) is 11.7 Å². The number of amides is 1. The Hall–Kier alpha value is -1.80. The number of benzene rings is 1. The van der Waals surface area contributed by atoms with E-state index in [2.05, 4.69) is 38.7 Å². The molecular formula is C17H23ClN6OS. The van der Waals surface area contributed by atoms with Gasteiger partial charge in [-0.3, -0.25) is 4.79 Å². The molecule has 26 heavy (non-hydrogen) atoms. The van der Waals surface area contributed by atoms with Crippen LogP contribution >= 0.6 is 23.4 Å². The molecule has 140 valence electrons. The molecule has 2 heterocycles. The molecule has 1 fully saturated rings. The van der Waals surface area contributed by atoms with E-state index in [1.165, 1.54) is 23.0 Å². The van der Waals surface area contributed by atoms with Crippen LogP contribution in [0.3, 0.4) is 0 Å². The highest BCUT2D eigenvalue weighted by Crippen LogP contribution is 2.29. The molecule has 0 radical (unpaired) electrons. The molecule has 0 bridgehead atoms. The Bertz CT molecular complexity index is 767. The van der Waals surface area contributed by atoms with Crippen LogP contribution in [0.5, 0.6) is 0 Å². The Balaban J connectivity index is 1.39. The molecule has 1 amide bonds. The minimum absolute atomic E-state index is 0.0741. The summed E-state index contributed by atoms with van der Waals surface area (Å²) in [5.74, 6) is 1.20. The molecule has 9 heteroatoms. The number of tetrazole rings is 1. The Morgan fingerprint density at radius 3 is 3.08 bits per heavy atom. The van der Waals surface area contributed by atoms with Gasteiger partial charge >= 0.3 is 0 Å². The van der Waals surface area contributed by atoms with Crippen LogP contribution in [-0.4, -0.2) is 51.5 Å². The first kappa shape index (κ1) is 19.0. The average molecular weight is 395 g/mol. The van der Waals surface area contributed by atoms with Crippen molar-refractivity contribution in [2.75, 3.05) is 30.3 Å². The van der Waals surface area contributed by atoms with Gasteiger partial charge in [-0.15, -0.1) is 5.10 Å². The lowest BCUT2D eigenvalue weighted by Gasteiger charge is -2.21. The molecule has 1 aromatic heterocycles. The van der Waals surface area contributed by atoms with Gasteiger partial charge in [-0.1, -0.05) is 29.4 Å². The zero-order valence-electron chi connectivity index (χ0n) is 15.0. The van der Waals surface area contributed by atoms with Crippen LogP contribution in [0.25, 0.3) is 0 Å². The number of hydrogen-bond donors (Lipinski definition) is 1. The minimum Gasteiger partial charge on any atom is -0.371 e. The number of halogens is 1. The summed E-state index contributed by atoms with van der Waals surface area (Å²) in [5.41, 5.74) is 2.43. The summed E-state index contributed by atoms with van der Waals surface area (Å²) in [5, 5.41) is 15.8. The second-order valence-electron chi connectivity index (χ2n) is 6.52. The molecule has 1 unspecified atom stereocenters. The number of thioether (sulfide) groups is 1. The summed E-state index contributed by atoms with van der Waals surface area (Å²) in [6.07, 6.45) is 1.53. The van der Waals surface area contributed by atoms with Crippen molar-refractivity contribution in [3.8, 4) is 0 Å². The van der Waals surface area contributed by atoms with Crippen molar-refractivity contribution in [2.24, 2.45) is 13.0 Å². The first-order valence-corrected chi connectivity index (χ1v) is 10.0. The molecule has 1 atom stereocenters. The van der Waals surface area contributed by atoms with E-state index in [0.717, 1.165) is 29.7 Å². The molecule has 1 N–H and O–H groups in total. The first-order chi connectivity index (χ1) is 12.5. The summed E-state index contributed by atoms with van der Waals surface area (Å²) in [6, 6.07) is 6.00. The number of anilines is 1. The second-order valence-corrected chi connectivity index (χ2v) is 8.02. The Morgan fingerprint density at radius 2 is 2.31 bits per heavy atom. The molecule has 0 aliphatic carbocycles. The van der Waals surface area contributed by atoms with Crippen molar-refractivity contribution in [1.82, 2.24) is 25.5 Å². The van der Waals surface area contributed by atoms with Crippen molar-refractivity contribution < 1.29 is 4.79 Å². The summed E-state index contributed by atoms with van der Waals surface area (Å²) < 4.78 is 1.60. The largest absolute Gasteiger partial charge is 0.371 e. The third-order valence-electron chi connectivity index (χ3n) is 4.53. The van der Waals surface area contributed by atoms with Gasteiger partial charge in [0.2, 0.25) is 11.1 Å². The van der Waals surface area contributed by atoms with Crippen LogP contribution in [0.1, 0.15) is 18.4 Å². The van der Waals surface area contributed by atoms with Gasteiger partial charge in [0.25, 0.3) is 0 Å². The van der Waals surface area contributed by atoms with Gasteiger partial charge < -0.3 is 10.2 Å². The van der Waals surface area contributed by atoms with Gasteiger partial charge in [0.1, 0.15) is 0 Å². The maximum absolute atomic E-state index is 12.0. The van der Waals surface area contributed by atoms with E-state index in [9.17, 15) is 4.79 Å². The summed E-state index contributed by atoms with van der Waals surface area (Å²) in [6.45, 7) is 4.76. The van der Waals surface area contributed by atoms with E-state index in [-0.39, 0.29) is 5.91 Å². The van der Waals surface area contributed by atoms with E-state index < -0.39 is 0 Å². The molecule has 1 aliphatic rings. The zero-order valence-corrected chi connectivity index (χ0v) is 16.6. The first-order valence-electron chi connectivity index (χ1n) is 8.66.